The second-order valence-corrected chi connectivity index (χ2v) is 4.59. The summed E-state index contributed by atoms with van der Waals surface area (Å²) in [6, 6.07) is 0.874. The molecule has 0 saturated heterocycles. The van der Waals surface area contributed by atoms with E-state index in [1.807, 2.05) is 6.26 Å². The van der Waals surface area contributed by atoms with Crippen molar-refractivity contribution in [2.24, 2.45) is 5.73 Å². The molecule has 0 unspecified atom stereocenters. The number of nitrogens with one attached hydrogen (secondary N) is 1. The van der Waals surface area contributed by atoms with Crippen LogP contribution >= 0.6 is 11.8 Å². The summed E-state index contributed by atoms with van der Waals surface area (Å²) in [5, 5.41) is 2.13. The molecule has 0 bridgehead atoms. The third-order valence-electron chi connectivity index (χ3n) is 2.26. The van der Waals surface area contributed by atoms with Crippen LogP contribution in [0.1, 0.15) is 6.42 Å². The Morgan fingerprint density at radius 2 is 2.06 bits per heavy atom. The van der Waals surface area contributed by atoms with Crippen molar-refractivity contribution in [1.29, 1.82) is 0 Å². The summed E-state index contributed by atoms with van der Waals surface area (Å²) in [6.07, 6.45) is 2.28. The monoisotopic (exact) mass is 278 g/mol. The zero-order chi connectivity index (χ0) is 13.7. The van der Waals surface area contributed by atoms with Gasteiger partial charge in [0.25, 0.3) is 0 Å². The number of hydrogen-bond donors (Lipinski definition) is 2. The summed E-state index contributed by atoms with van der Waals surface area (Å²) in [4.78, 5) is 11.5. The Balaban J connectivity index is 2.73. The van der Waals surface area contributed by atoms with Crippen LogP contribution in [0.2, 0.25) is 0 Å². The van der Waals surface area contributed by atoms with Gasteiger partial charge in [-0.2, -0.15) is 11.8 Å². The first-order valence-electron chi connectivity index (χ1n) is 5.16. The van der Waals surface area contributed by atoms with E-state index in [9.17, 15) is 18.0 Å². The predicted molar refractivity (Wildman–Crippen MR) is 65.9 cm³/mol. The summed E-state index contributed by atoms with van der Waals surface area (Å²) < 4.78 is 38.8. The molecule has 0 spiro atoms. The van der Waals surface area contributed by atoms with Gasteiger partial charge in [0, 0.05) is 0 Å². The van der Waals surface area contributed by atoms with Crippen LogP contribution in [0.4, 0.5) is 18.9 Å². The third-order valence-corrected chi connectivity index (χ3v) is 2.91. The van der Waals surface area contributed by atoms with Crippen LogP contribution in [0, 0.1) is 17.5 Å². The average molecular weight is 278 g/mol. The van der Waals surface area contributed by atoms with Gasteiger partial charge < -0.3 is 11.1 Å². The molecule has 18 heavy (non-hydrogen) atoms. The van der Waals surface area contributed by atoms with Gasteiger partial charge in [-0.25, -0.2) is 13.2 Å². The maximum Gasteiger partial charge on any atom is 0.241 e. The van der Waals surface area contributed by atoms with Crippen molar-refractivity contribution in [3.05, 3.63) is 29.6 Å². The van der Waals surface area contributed by atoms with Gasteiger partial charge in [0.2, 0.25) is 5.91 Å². The Morgan fingerprint density at radius 1 is 1.39 bits per heavy atom. The highest BCUT2D eigenvalue weighted by atomic mass is 32.2. The van der Waals surface area contributed by atoms with Crippen molar-refractivity contribution in [3.8, 4) is 0 Å². The lowest BCUT2D eigenvalue weighted by Crippen LogP contribution is -2.36. The molecule has 3 N–H and O–H groups in total. The number of halogens is 3. The first kappa shape index (κ1) is 14.8. The highest BCUT2D eigenvalue weighted by Crippen LogP contribution is 2.19. The molecule has 0 radical (unpaired) electrons. The van der Waals surface area contributed by atoms with Gasteiger partial charge in [-0.3, -0.25) is 4.79 Å². The van der Waals surface area contributed by atoms with Crippen molar-refractivity contribution < 1.29 is 18.0 Å². The predicted octanol–water partition coefficient (Wildman–Crippen LogP) is 2.12. The van der Waals surface area contributed by atoms with Gasteiger partial charge in [-0.15, -0.1) is 0 Å². The van der Waals surface area contributed by atoms with Crippen LogP contribution in [0.15, 0.2) is 12.1 Å². The molecule has 7 heteroatoms. The van der Waals surface area contributed by atoms with Crippen molar-refractivity contribution in [1.82, 2.24) is 0 Å². The molecule has 0 fully saturated rings. The fourth-order valence-corrected chi connectivity index (χ4v) is 1.71. The minimum Gasteiger partial charge on any atom is -0.322 e. The number of carbonyl (C=O) groups is 1. The SMILES string of the molecule is CSCC[C@@H](N)C(=O)Nc1ccc(F)c(F)c1F. The number of hydrogen-bond acceptors (Lipinski definition) is 3. The van der Waals surface area contributed by atoms with Crippen molar-refractivity contribution in [2.75, 3.05) is 17.3 Å². The van der Waals surface area contributed by atoms with Crippen molar-refractivity contribution in [3.63, 3.8) is 0 Å². The number of benzene rings is 1. The van der Waals surface area contributed by atoms with E-state index in [2.05, 4.69) is 5.32 Å². The third kappa shape index (κ3) is 3.64. The van der Waals surface area contributed by atoms with E-state index in [-0.39, 0.29) is 0 Å². The van der Waals surface area contributed by atoms with Gasteiger partial charge >= 0.3 is 0 Å². The van der Waals surface area contributed by atoms with Gasteiger partial charge in [-0.1, -0.05) is 0 Å². The van der Waals surface area contributed by atoms with E-state index in [4.69, 9.17) is 5.73 Å². The number of thioether (sulfide) groups is 1. The topological polar surface area (TPSA) is 55.1 Å². The molecular weight excluding hydrogens is 265 g/mol. The molecular formula is C11H13F3N2OS. The summed E-state index contributed by atoms with van der Waals surface area (Å²) in [7, 11) is 0. The smallest absolute Gasteiger partial charge is 0.241 e. The van der Waals surface area contributed by atoms with Crippen LogP contribution in [0.3, 0.4) is 0 Å². The van der Waals surface area contributed by atoms with E-state index >= 15 is 0 Å². The van der Waals surface area contributed by atoms with Crippen molar-refractivity contribution in [2.45, 2.75) is 12.5 Å². The van der Waals surface area contributed by atoms with Gasteiger partial charge in [0.15, 0.2) is 17.5 Å². The zero-order valence-electron chi connectivity index (χ0n) is 9.67. The molecule has 0 aliphatic carbocycles. The summed E-state index contributed by atoms with van der Waals surface area (Å²) in [5.41, 5.74) is 5.14. The number of amides is 1. The van der Waals surface area contributed by atoms with Crippen LogP contribution in [-0.4, -0.2) is 24.0 Å². The minimum atomic E-state index is -1.62. The number of rotatable bonds is 5. The van der Waals surface area contributed by atoms with Gasteiger partial charge in [0.05, 0.1) is 11.7 Å². The summed E-state index contributed by atoms with van der Waals surface area (Å²) >= 11 is 1.52. The maximum atomic E-state index is 13.3. The molecule has 1 atom stereocenters. The highest BCUT2D eigenvalue weighted by molar-refractivity contribution is 7.98. The molecule has 1 amide bonds. The lowest BCUT2D eigenvalue weighted by molar-refractivity contribution is -0.117. The summed E-state index contributed by atoms with van der Waals surface area (Å²) in [6.45, 7) is 0. The Labute approximate surface area is 107 Å². The molecule has 100 valence electrons. The fraction of sp³-hybridized carbons (Fsp3) is 0.364. The summed E-state index contributed by atoms with van der Waals surface area (Å²) in [5.74, 6) is -4.31. The number of carbonyl (C=O) groups excluding carboxylic acids is 1. The van der Waals surface area contributed by atoms with Crippen molar-refractivity contribution >= 4 is 23.4 Å². The Bertz CT molecular complexity index is 443. The van der Waals surface area contributed by atoms with Gasteiger partial charge in [0.1, 0.15) is 0 Å². The number of anilines is 1. The van der Waals surface area contributed by atoms with E-state index in [0.29, 0.717) is 12.2 Å². The van der Waals surface area contributed by atoms with E-state index < -0.39 is 35.1 Å². The zero-order valence-corrected chi connectivity index (χ0v) is 10.5. The Kier molecular flexibility index (Phi) is 5.49. The molecule has 1 aromatic rings. The maximum absolute atomic E-state index is 13.3. The second kappa shape index (κ2) is 6.65. The van der Waals surface area contributed by atoms with Crippen LogP contribution < -0.4 is 11.1 Å². The minimum absolute atomic E-state index is 0.415. The normalized spacial score (nSPS) is 12.3. The fourth-order valence-electron chi connectivity index (χ4n) is 1.22. The van der Waals surface area contributed by atoms with E-state index in [0.717, 1.165) is 12.1 Å². The van der Waals surface area contributed by atoms with Gasteiger partial charge in [-0.05, 0) is 30.6 Å². The number of nitrogens with two attached hydrogens (primary N) is 1. The molecule has 0 heterocycles. The Hall–Kier alpha value is -1.21. The van der Waals surface area contributed by atoms with Crippen LogP contribution in [0.5, 0.6) is 0 Å². The molecule has 0 aromatic heterocycles. The molecule has 0 aliphatic rings. The van der Waals surface area contributed by atoms with Crippen LogP contribution in [-0.2, 0) is 4.79 Å². The standard InChI is InChI=1S/C11H13F3N2OS/c1-18-5-4-7(15)11(17)16-8-3-2-6(12)9(13)10(8)14/h2-3,7H,4-5,15H2,1H3,(H,16,17)/t7-/m1/s1. The molecule has 0 saturated carbocycles. The first-order valence-corrected chi connectivity index (χ1v) is 6.55. The largest absolute Gasteiger partial charge is 0.322 e. The Morgan fingerprint density at radius 3 is 2.67 bits per heavy atom. The van der Waals surface area contributed by atoms with Crippen LogP contribution in [0.25, 0.3) is 0 Å². The highest BCUT2D eigenvalue weighted by Gasteiger charge is 2.18. The molecule has 1 aromatic carbocycles. The van der Waals surface area contributed by atoms with E-state index in [1.54, 1.807) is 0 Å². The average Bonchev–Trinajstić information content (AvgIpc) is 2.36. The molecule has 1 rings (SSSR count). The lowest BCUT2D eigenvalue weighted by atomic mass is 10.2. The quantitative estimate of drug-likeness (QED) is 0.811. The lowest BCUT2D eigenvalue weighted by Gasteiger charge is -2.12. The van der Waals surface area contributed by atoms with E-state index in [1.165, 1.54) is 11.8 Å². The molecule has 0 aliphatic heterocycles. The second-order valence-electron chi connectivity index (χ2n) is 3.60. The molecule has 3 nitrogen and oxygen atoms in total. The first-order chi connectivity index (χ1) is 8.47.